The number of carbonyl (C=O) groups is 2. The van der Waals surface area contributed by atoms with Crippen molar-refractivity contribution in [3.63, 3.8) is 0 Å². The van der Waals surface area contributed by atoms with E-state index >= 15 is 0 Å². The molecule has 1 atom stereocenters. The lowest BCUT2D eigenvalue weighted by atomic mass is 9.91. The predicted octanol–water partition coefficient (Wildman–Crippen LogP) is 3.27. The number of rotatable bonds is 5. The molecule has 0 aliphatic carbocycles. The van der Waals surface area contributed by atoms with Gasteiger partial charge in [-0.1, -0.05) is 32.4 Å². The molecule has 0 amide bonds. The molecule has 0 N–H and O–H groups in total. The van der Waals surface area contributed by atoms with Gasteiger partial charge in [-0.2, -0.15) is 0 Å². The van der Waals surface area contributed by atoms with Crippen LogP contribution in [0, 0.1) is 5.41 Å². The van der Waals surface area contributed by atoms with Crippen LogP contribution in [-0.2, 0) is 14.3 Å². The van der Waals surface area contributed by atoms with Gasteiger partial charge in [-0.3, -0.25) is 4.79 Å². The molecule has 0 saturated carbocycles. The highest BCUT2D eigenvalue weighted by molar-refractivity contribution is 6.30. The van der Waals surface area contributed by atoms with Crippen LogP contribution >= 0.6 is 11.6 Å². The summed E-state index contributed by atoms with van der Waals surface area (Å²) in [4.78, 5) is 23.4. The van der Waals surface area contributed by atoms with Crippen molar-refractivity contribution in [2.24, 2.45) is 5.41 Å². The van der Waals surface area contributed by atoms with E-state index in [0.717, 1.165) is 0 Å². The molecule has 0 aliphatic rings. The Bertz CT molecular complexity index is 474. The quantitative estimate of drug-likeness (QED) is 0.783. The minimum absolute atomic E-state index is 0.135. The van der Waals surface area contributed by atoms with E-state index in [1.807, 2.05) is 0 Å². The Morgan fingerprint density at radius 2 is 1.75 bits per heavy atom. The summed E-state index contributed by atoms with van der Waals surface area (Å²) in [6, 6.07) is 6.65. The van der Waals surface area contributed by atoms with E-state index in [2.05, 4.69) is 0 Å². The highest BCUT2D eigenvalue weighted by Gasteiger charge is 2.24. The zero-order chi connectivity index (χ0) is 15.3. The van der Waals surface area contributed by atoms with Gasteiger partial charge in [0.05, 0.1) is 0 Å². The monoisotopic (exact) mass is 298 g/mol. The molecular weight excluding hydrogens is 280 g/mol. The van der Waals surface area contributed by atoms with Crippen LogP contribution in [0.5, 0.6) is 5.75 Å². The van der Waals surface area contributed by atoms with E-state index in [-0.39, 0.29) is 12.4 Å². The van der Waals surface area contributed by atoms with Gasteiger partial charge in [0.25, 0.3) is 0 Å². The maximum absolute atomic E-state index is 11.7. The van der Waals surface area contributed by atoms with Crippen LogP contribution in [-0.4, -0.2) is 24.5 Å². The third-order valence-electron chi connectivity index (χ3n) is 2.64. The smallest absolute Gasteiger partial charge is 0.347 e. The summed E-state index contributed by atoms with van der Waals surface area (Å²) in [6.07, 6.45) is -0.788. The Balaban J connectivity index is 2.47. The molecule has 1 aromatic carbocycles. The topological polar surface area (TPSA) is 52.6 Å². The number of hydrogen-bond acceptors (Lipinski definition) is 4. The fraction of sp³-hybridized carbons (Fsp3) is 0.467. The number of hydrogen-bond donors (Lipinski definition) is 0. The highest BCUT2D eigenvalue weighted by Crippen LogP contribution is 2.18. The molecule has 0 heterocycles. The molecule has 0 aromatic heterocycles. The van der Waals surface area contributed by atoms with Crippen molar-refractivity contribution in [1.82, 2.24) is 0 Å². The third-order valence-corrected chi connectivity index (χ3v) is 2.89. The van der Waals surface area contributed by atoms with E-state index in [0.29, 0.717) is 10.8 Å². The van der Waals surface area contributed by atoms with Crippen LogP contribution < -0.4 is 4.74 Å². The van der Waals surface area contributed by atoms with E-state index < -0.39 is 17.5 Å². The molecule has 110 valence electrons. The van der Waals surface area contributed by atoms with Gasteiger partial charge < -0.3 is 9.47 Å². The van der Waals surface area contributed by atoms with Gasteiger partial charge in [0.1, 0.15) is 5.75 Å². The van der Waals surface area contributed by atoms with E-state index in [1.54, 1.807) is 52.0 Å². The van der Waals surface area contributed by atoms with Gasteiger partial charge in [-0.05, 0) is 31.2 Å². The van der Waals surface area contributed by atoms with Gasteiger partial charge in [0.2, 0.25) is 0 Å². The fourth-order valence-corrected chi connectivity index (χ4v) is 1.36. The van der Waals surface area contributed by atoms with Crippen LogP contribution in [0.2, 0.25) is 5.02 Å². The standard InChI is InChI=1S/C15H19ClO4/c1-10(20-12-7-5-11(16)6-8-12)14(18)19-9-13(17)15(2,3)4/h5-8,10H,9H2,1-4H3. The molecule has 0 spiro atoms. The third kappa shape index (κ3) is 5.21. The number of halogens is 1. The minimum atomic E-state index is -0.788. The summed E-state index contributed by atoms with van der Waals surface area (Å²) in [5, 5.41) is 0.586. The molecule has 0 aliphatic heterocycles. The number of ketones is 1. The first-order chi connectivity index (χ1) is 9.20. The number of ether oxygens (including phenoxy) is 2. The second-order valence-electron chi connectivity index (χ2n) is 5.49. The summed E-state index contributed by atoms with van der Waals surface area (Å²) in [5.41, 5.74) is -0.527. The van der Waals surface area contributed by atoms with Crippen molar-refractivity contribution in [3.05, 3.63) is 29.3 Å². The lowest BCUT2D eigenvalue weighted by molar-refractivity contribution is -0.155. The maximum atomic E-state index is 11.7. The number of Topliss-reactive ketones (excluding diaryl/α,β-unsaturated/α-hetero) is 1. The van der Waals surface area contributed by atoms with Gasteiger partial charge in [0, 0.05) is 10.4 Å². The molecule has 1 unspecified atom stereocenters. The van der Waals surface area contributed by atoms with Crippen LogP contribution in [0.1, 0.15) is 27.7 Å². The van der Waals surface area contributed by atoms with Crippen LogP contribution in [0.15, 0.2) is 24.3 Å². The lowest BCUT2D eigenvalue weighted by Crippen LogP contribution is -2.31. The van der Waals surface area contributed by atoms with Crippen molar-refractivity contribution >= 4 is 23.4 Å². The Kier molecular flexibility index (Phi) is 5.57. The summed E-state index contributed by atoms with van der Waals surface area (Å²) in [5.74, 6) is -0.192. The fourth-order valence-electron chi connectivity index (χ4n) is 1.24. The molecule has 4 nitrogen and oxygen atoms in total. The van der Waals surface area contributed by atoms with Crippen LogP contribution in [0.3, 0.4) is 0 Å². The summed E-state index contributed by atoms with van der Waals surface area (Å²) in [7, 11) is 0. The highest BCUT2D eigenvalue weighted by atomic mass is 35.5. The largest absolute Gasteiger partial charge is 0.479 e. The summed E-state index contributed by atoms with van der Waals surface area (Å²) < 4.78 is 10.4. The lowest BCUT2D eigenvalue weighted by Gasteiger charge is -2.18. The Labute approximate surface area is 124 Å². The summed E-state index contributed by atoms with van der Waals surface area (Å²) >= 11 is 5.75. The second kappa shape index (κ2) is 6.75. The van der Waals surface area contributed by atoms with E-state index in [9.17, 15) is 9.59 Å². The van der Waals surface area contributed by atoms with E-state index in [1.165, 1.54) is 0 Å². The molecular formula is C15H19ClO4. The SMILES string of the molecule is CC(Oc1ccc(Cl)cc1)C(=O)OCC(=O)C(C)(C)C. The van der Waals surface area contributed by atoms with Crippen molar-refractivity contribution < 1.29 is 19.1 Å². The van der Waals surface area contributed by atoms with Crippen molar-refractivity contribution in [3.8, 4) is 5.75 Å². The zero-order valence-electron chi connectivity index (χ0n) is 12.1. The molecule has 1 aromatic rings. The number of esters is 1. The zero-order valence-corrected chi connectivity index (χ0v) is 12.9. The molecule has 0 saturated heterocycles. The second-order valence-corrected chi connectivity index (χ2v) is 5.93. The first-order valence-corrected chi connectivity index (χ1v) is 6.70. The number of carbonyl (C=O) groups excluding carboxylic acids is 2. The molecule has 0 fully saturated rings. The first-order valence-electron chi connectivity index (χ1n) is 6.32. The van der Waals surface area contributed by atoms with Gasteiger partial charge in [0.15, 0.2) is 18.5 Å². The van der Waals surface area contributed by atoms with Gasteiger partial charge >= 0.3 is 5.97 Å². The van der Waals surface area contributed by atoms with E-state index in [4.69, 9.17) is 21.1 Å². The van der Waals surface area contributed by atoms with Gasteiger partial charge in [-0.15, -0.1) is 0 Å². The Hall–Kier alpha value is -1.55. The maximum Gasteiger partial charge on any atom is 0.347 e. The normalized spacial score (nSPS) is 12.7. The number of benzene rings is 1. The Morgan fingerprint density at radius 3 is 2.25 bits per heavy atom. The average molecular weight is 299 g/mol. The molecule has 20 heavy (non-hydrogen) atoms. The van der Waals surface area contributed by atoms with Gasteiger partial charge in [-0.25, -0.2) is 4.79 Å². The molecule has 0 bridgehead atoms. The van der Waals surface area contributed by atoms with Crippen LogP contribution in [0.4, 0.5) is 0 Å². The predicted molar refractivity (Wildman–Crippen MR) is 77.0 cm³/mol. The first kappa shape index (κ1) is 16.5. The molecule has 0 radical (unpaired) electrons. The van der Waals surface area contributed by atoms with Crippen molar-refractivity contribution in [1.29, 1.82) is 0 Å². The molecule has 5 heteroatoms. The van der Waals surface area contributed by atoms with Crippen LogP contribution in [0.25, 0.3) is 0 Å². The van der Waals surface area contributed by atoms with Crippen molar-refractivity contribution in [2.75, 3.05) is 6.61 Å². The van der Waals surface area contributed by atoms with Crippen molar-refractivity contribution in [2.45, 2.75) is 33.8 Å². The minimum Gasteiger partial charge on any atom is -0.479 e. The Morgan fingerprint density at radius 1 is 1.20 bits per heavy atom. The average Bonchev–Trinajstić information content (AvgIpc) is 2.36. The molecule has 1 rings (SSSR count). The summed E-state index contributed by atoms with van der Waals surface area (Å²) in [6.45, 7) is 6.65.